The van der Waals surface area contributed by atoms with Gasteiger partial charge in [-0.2, -0.15) is 13.2 Å². The van der Waals surface area contributed by atoms with Gasteiger partial charge in [0, 0.05) is 0 Å². The molecular formula is C14H8F3NOS. The first kappa shape index (κ1) is 12.9. The van der Waals surface area contributed by atoms with Crippen LogP contribution in [0.25, 0.3) is 22.2 Å². The fraction of sp³-hybridized carbons (Fsp3) is 0.0714. The van der Waals surface area contributed by atoms with Crippen molar-refractivity contribution >= 4 is 23.3 Å². The normalized spacial score (nSPS) is 11.9. The Labute approximate surface area is 116 Å². The number of fused-ring (bicyclic) bond motifs is 1. The number of H-pyrrole nitrogens is 1. The Morgan fingerprint density at radius 1 is 1.05 bits per heavy atom. The maximum atomic E-state index is 13.0. The minimum absolute atomic E-state index is 0.115. The molecule has 1 heterocycles. The summed E-state index contributed by atoms with van der Waals surface area (Å²) in [6, 6.07) is 10.2. The molecule has 0 amide bonds. The van der Waals surface area contributed by atoms with Crippen molar-refractivity contribution in [1.82, 2.24) is 4.98 Å². The summed E-state index contributed by atoms with van der Waals surface area (Å²) in [5, 5.41) is 0. The third kappa shape index (κ3) is 2.22. The van der Waals surface area contributed by atoms with Crippen molar-refractivity contribution < 1.29 is 17.6 Å². The van der Waals surface area contributed by atoms with Gasteiger partial charge in [-0.05, 0) is 41.5 Å². The number of aromatic amines is 1. The van der Waals surface area contributed by atoms with Gasteiger partial charge in [0.1, 0.15) is 0 Å². The zero-order chi connectivity index (χ0) is 14.3. The Hall–Kier alpha value is -2.08. The Balaban J connectivity index is 2.23. The van der Waals surface area contributed by atoms with Crippen LogP contribution in [0.4, 0.5) is 13.2 Å². The van der Waals surface area contributed by atoms with Crippen LogP contribution in [0.1, 0.15) is 5.56 Å². The molecule has 0 radical (unpaired) electrons. The summed E-state index contributed by atoms with van der Waals surface area (Å²) >= 11 is 4.86. The number of halogens is 3. The van der Waals surface area contributed by atoms with Gasteiger partial charge < -0.3 is 9.40 Å². The number of hydrogen-bond acceptors (Lipinski definition) is 2. The lowest BCUT2D eigenvalue weighted by molar-refractivity contribution is -0.137. The molecule has 0 bridgehead atoms. The molecule has 102 valence electrons. The van der Waals surface area contributed by atoms with E-state index in [1.54, 1.807) is 24.3 Å². The Morgan fingerprint density at radius 2 is 1.80 bits per heavy atom. The molecule has 0 unspecified atom stereocenters. The van der Waals surface area contributed by atoms with E-state index in [9.17, 15) is 13.2 Å². The maximum absolute atomic E-state index is 13.0. The van der Waals surface area contributed by atoms with Crippen LogP contribution in [-0.2, 0) is 6.18 Å². The van der Waals surface area contributed by atoms with Crippen LogP contribution in [0.3, 0.4) is 0 Å². The molecule has 0 fully saturated rings. The molecule has 1 N–H and O–H groups in total. The highest BCUT2D eigenvalue weighted by atomic mass is 32.1. The molecule has 0 aliphatic heterocycles. The number of oxazole rings is 1. The number of aromatic nitrogens is 1. The molecule has 2 aromatic carbocycles. The van der Waals surface area contributed by atoms with Gasteiger partial charge in [-0.25, -0.2) is 0 Å². The van der Waals surface area contributed by atoms with Gasteiger partial charge in [-0.1, -0.05) is 24.3 Å². The minimum atomic E-state index is -4.40. The summed E-state index contributed by atoms with van der Waals surface area (Å²) in [5.74, 6) is 0. The van der Waals surface area contributed by atoms with Gasteiger partial charge in [-0.3, -0.25) is 0 Å². The first-order valence-electron chi connectivity index (χ1n) is 5.74. The summed E-state index contributed by atoms with van der Waals surface area (Å²) in [4.78, 5) is 3.00. The van der Waals surface area contributed by atoms with Crippen molar-refractivity contribution in [3.63, 3.8) is 0 Å². The molecule has 0 saturated carbocycles. The molecule has 0 spiro atoms. The molecule has 2 nitrogen and oxygen atoms in total. The highest BCUT2D eigenvalue weighted by molar-refractivity contribution is 7.71. The fourth-order valence-corrected chi connectivity index (χ4v) is 2.29. The smallest absolute Gasteiger partial charge is 0.417 e. The highest BCUT2D eigenvalue weighted by Gasteiger charge is 2.33. The molecule has 1 aromatic heterocycles. The summed E-state index contributed by atoms with van der Waals surface area (Å²) in [6.45, 7) is 0. The van der Waals surface area contributed by atoms with E-state index in [0.717, 1.165) is 6.07 Å². The van der Waals surface area contributed by atoms with Crippen molar-refractivity contribution in [3.05, 3.63) is 52.9 Å². The van der Waals surface area contributed by atoms with Crippen molar-refractivity contribution in [1.29, 1.82) is 0 Å². The van der Waals surface area contributed by atoms with Gasteiger partial charge in [0.25, 0.3) is 4.84 Å². The van der Waals surface area contributed by atoms with E-state index in [2.05, 4.69) is 4.98 Å². The lowest BCUT2D eigenvalue weighted by atomic mass is 9.99. The van der Waals surface area contributed by atoms with Crippen LogP contribution < -0.4 is 0 Å². The van der Waals surface area contributed by atoms with E-state index in [0.29, 0.717) is 16.7 Å². The van der Waals surface area contributed by atoms with Crippen molar-refractivity contribution in [2.24, 2.45) is 0 Å². The first-order valence-corrected chi connectivity index (χ1v) is 6.15. The lowest BCUT2D eigenvalue weighted by Gasteiger charge is -2.12. The Morgan fingerprint density at radius 3 is 2.55 bits per heavy atom. The predicted molar refractivity (Wildman–Crippen MR) is 71.8 cm³/mol. The third-order valence-corrected chi connectivity index (χ3v) is 3.15. The summed E-state index contributed by atoms with van der Waals surface area (Å²) in [6.07, 6.45) is -4.40. The Kier molecular flexibility index (Phi) is 2.90. The number of rotatable bonds is 1. The van der Waals surface area contributed by atoms with E-state index in [1.165, 1.54) is 12.1 Å². The molecule has 0 aliphatic rings. The second kappa shape index (κ2) is 4.49. The molecule has 0 atom stereocenters. The van der Waals surface area contributed by atoms with E-state index >= 15 is 0 Å². The topological polar surface area (TPSA) is 28.9 Å². The maximum Gasteiger partial charge on any atom is 0.417 e. The molecule has 0 saturated heterocycles. The Bertz CT molecular complexity index is 832. The van der Waals surface area contributed by atoms with Gasteiger partial charge in [0.05, 0.1) is 11.1 Å². The minimum Gasteiger partial charge on any atom is -0.429 e. The van der Waals surface area contributed by atoms with Crippen molar-refractivity contribution in [2.75, 3.05) is 0 Å². The van der Waals surface area contributed by atoms with Crippen LogP contribution in [0.15, 0.2) is 46.9 Å². The van der Waals surface area contributed by atoms with Crippen molar-refractivity contribution in [2.45, 2.75) is 6.18 Å². The largest absolute Gasteiger partial charge is 0.429 e. The second-order valence-corrected chi connectivity index (χ2v) is 4.64. The zero-order valence-electron chi connectivity index (χ0n) is 9.99. The SMILES string of the molecule is FC(F)(F)c1ccccc1-c1ccc2[nH]c(=S)oc2c1. The first-order chi connectivity index (χ1) is 9.45. The molecule has 3 rings (SSSR count). The lowest BCUT2D eigenvalue weighted by Crippen LogP contribution is -2.06. The molecular weight excluding hydrogens is 287 g/mol. The number of benzene rings is 2. The summed E-state index contributed by atoms with van der Waals surface area (Å²) in [5.41, 5.74) is 0.966. The molecule has 6 heteroatoms. The van der Waals surface area contributed by atoms with E-state index in [-0.39, 0.29) is 10.4 Å². The second-order valence-electron chi connectivity index (χ2n) is 4.27. The third-order valence-electron chi connectivity index (χ3n) is 2.96. The van der Waals surface area contributed by atoms with Gasteiger partial charge in [-0.15, -0.1) is 0 Å². The van der Waals surface area contributed by atoms with E-state index < -0.39 is 11.7 Å². The van der Waals surface area contributed by atoms with Crippen LogP contribution in [0.2, 0.25) is 0 Å². The number of nitrogens with one attached hydrogen (secondary N) is 1. The average Bonchev–Trinajstić information content (AvgIpc) is 2.76. The molecule has 0 aliphatic carbocycles. The fourth-order valence-electron chi connectivity index (χ4n) is 2.09. The number of alkyl halides is 3. The summed E-state index contributed by atoms with van der Waals surface area (Å²) < 4.78 is 44.3. The average molecular weight is 295 g/mol. The van der Waals surface area contributed by atoms with Crippen LogP contribution in [0, 0.1) is 4.84 Å². The van der Waals surface area contributed by atoms with Crippen molar-refractivity contribution in [3.8, 4) is 11.1 Å². The summed E-state index contributed by atoms with van der Waals surface area (Å²) in [7, 11) is 0. The standard InChI is InChI=1S/C14H8F3NOS/c15-14(16,17)10-4-2-1-3-9(10)8-5-6-11-12(7-8)19-13(20)18-11/h1-7H,(H,18,20). The van der Waals surface area contributed by atoms with E-state index in [4.69, 9.17) is 16.6 Å². The molecule has 3 aromatic rings. The van der Waals surface area contributed by atoms with Crippen LogP contribution in [0.5, 0.6) is 0 Å². The zero-order valence-corrected chi connectivity index (χ0v) is 10.8. The van der Waals surface area contributed by atoms with E-state index in [1.807, 2.05) is 0 Å². The number of hydrogen-bond donors (Lipinski definition) is 1. The van der Waals surface area contributed by atoms with Gasteiger partial charge in [0.15, 0.2) is 5.58 Å². The molecule has 20 heavy (non-hydrogen) atoms. The van der Waals surface area contributed by atoms with Crippen LogP contribution >= 0.6 is 12.2 Å². The predicted octanol–water partition coefficient (Wildman–Crippen LogP) is 5.18. The van der Waals surface area contributed by atoms with Crippen LogP contribution in [-0.4, -0.2) is 4.98 Å². The monoisotopic (exact) mass is 295 g/mol. The van der Waals surface area contributed by atoms with Gasteiger partial charge in [0.2, 0.25) is 0 Å². The quantitative estimate of drug-likeness (QED) is 0.627. The van der Waals surface area contributed by atoms with Gasteiger partial charge >= 0.3 is 6.18 Å². The highest BCUT2D eigenvalue weighted by Crippen LogP contribution is 2.37.